The van der Waals surface area contributed by atoms with Crippen molar-refractivity contribution in [1.82, 2.24) is 4.90 Å². The van der Waals surface area contributed by atoms with Gasteiger partial charge in [-0.25, -0.2) is 0 Å². The van der Waals surface area contributed by atoms with Crippen LogP contribution >= 0.6 is 0 Å². The van der Waals surface area contributed by atoms with E-state index >= 15 is 0 Å². The van der Waals surface area contributed by atoms with Crippen molar-refractivity contribution in [3.05, 3.63) is 35.4 Å². The molecule has 13 heavy (non-hydrogen) atoms. The number of fused-ring (bicyclic) bond motifs is 5. The first-order valence-electron chi connectivity index (χ1n) is 5.23. The summed E-state index contributed by atoms with van der Waals surface area (Å²) in [5, 5.41) is 0. The minimum atomic E-state index is 0.742. The molecule has 68 valence electrons. The van der Waals surface area contributed by atoms with E-state index in [4.69, 9.17) is 0 Å². The molecule has 2 aliphatic rings. The van der Waals surface area contributed by atoms with Crippen LogP contribution in [0, 0.1) is 0 Å². The van der Waals surface area contributed by atoms with E-state index in [0.29, 0.717) is 0 Å². The summed E-state index contributed by atoms with van der Waals surface area (Å²) < 4.78 is 0. The predicted octanol–water partition coefficient (Wildman–Crippen LogP) is 2.55. The smallest absolute Gasteiger partial charge is 0.0357 e. The Labute approximate surface area is 79.4 Å². The molecular weight excluding hydrogens is 158 g/mol. The third-order valence-electron chi connectivity index (χ3n) is 3.60. The highest BCUT2D eigenvalue weighted by molar-refractivity contribution is 5.40. The highest BCUT2D eigenvalue weighted by Crippen LogP contribution is 2.49. The van der Waals surface area contributed by atoms with Crippen LogP contribution < -0.4 is 0 Å². The summed E-state index contributed by atoms with van der Waals surface area (Å²) in [4.78, 5) is 2.60. The summed E-state index contributed by atoms with van der Waals surface area (Å²) in [6.45, 7) is 4.76. The van der Waals surface area contributed by atoms with Crippen LogP contribution in [0.15, 0.2) is 24.3 Å². The van der Waals surface area contributed by atoms with E-state index in [1.165, 1.54) is 19.5 Å². The number of hydrogen-bond donors (Lipinski definition) is 0. The molecule has 1 aliphatic carbocycles. The lowest BCUT2D eigenvalue weighted by Gasteiger charge is -2.27. The third-order valence-corrected chi connectivity index (χ3v) is 3.60. The van der Waals surface area contributed by atoms with Gasteiger partial charge in [0.1, 0.15) is 0 Å². The highest BCUT2D eigenvalue weighted by atomic mass is 15.2. The van der Waals surface area contributed by atoms with Gasteiger partial charge in [-0.15, -0.1) is 0 Å². The number of likely N-dealkylation sites (N-methyl/N-ethyl adjacent to an activating group) is 1. The van der Waals surface area contributed by atoms with E-state index in [1.54, 1.807) is 11.1 Å². The van der Waals surface area contributed by atoms with E-state index in [-0.39, 0.29) is 0 Å². The van der Waals surface area contributed by atoms with E-state index in [9.17, 15) is 0 Å². The van der Waals surface area contributed by atoms with Crippen LogP contribution in [-0.4, -0.2) is 18.0 Å². The van der Waals surface area contributed by atoms with Crippen molar-refractivity contribution in [2.45, 2.75) is 25.3 Å². The fourth-order valence-electron chi connectivity index (χ4n) is 2.99. The first-order valence-corrected chi connectivity index (χ1v) is 5.23. The zero-order valence-electron chi connectivity index (χ0n) is 8.03. The van der Waals surface area contributed by atoms with Gasteiger partial charge in [-0.3, -0.25) is 4.90 Å². The second-order valence-corrected chi connectivity index (χ2v) is 4.16. The van der Waals surface area contributed by atoms with E-state index in [2.05, 4.69) is 36.1 Å². The first kappa shape index (κ1) is 7.57. The molecule has 1 heterocycles. The van der Waals surface area contributed by atoms with Crippen LogP contribution in [0.25, 0.3) is 0 Å². The minimum absolute atomic E-state index is 0.742. The van der Waals surface area contributed by atoms with Gasteiger partial charge in [0.2, 0.25) is 0 Å². The maximum absolute atomic E-state index is 2.60. The van der Waals surface area contributed by atoms with Crippen LogP contribution in [0.1, 0.15) is 36.4 Å². The van der Waals surface area contributed by atoms with Crippen LogP contribution in [0.3, 0.4) is 0 Å². The molecule has 0 aromatic heterocycles. The Morgan fingerprint density at radius 2 is 2.08 bits per heavy atom. The number of hydrogen-bond acceptors (Lipinski definition) is 1. The molecule has 2 unspecified atom stereocenters. The molecule has 0 radical (unpaired) electrons. The van der Waals surface area contributed by atoms with E-state index < -0.39 is 0 Å². The van der Waals surface area contributed by atoms with Crippen LogP contribution in [0.5, 0.6) is 0 Å². The van der Waals surface area contributed by atoms with Gasteiger partial charge in [-0.1, -0.05) is 31.2 Å². The van der Waals surface area contributed by atoms with Gasteiger partial charge in [0, 0.05) is 12.6 Å². The van der Waals surface area contributed by atoms with Crippen LogP contribution in [0.2, 0.25) is 0 Å². The van der Waals surface area contributed by atoms with Gasteiger partial charge in [0.05, 0.1) is 0 Å². The van der Waals surface area contributed by atoms with Crippen molar-refractivity contribution in [2.75, 3.05) is 13.1 Å². The molecule has 1 aromatic carbocycles. The number of likely N-dealkylation sites (tertiary alicyclic amines) is 1. The molecular formula is C12H15N. The molecule has 2 bridgehead atoms. The second kappa shape index (κ2) is 2.58. The van der Waals surface area contributed by atoms with Gasteiger partial charge in [0.15, 0.2) is 0 Å². The Morgan fingerprint density at radius 1 is 1.31 bits per heavy atom. The predicted molar refractivity (Wildman–Crippen MR) is 53.8 cm³/mol. The van der Waals surface area contributed by atoms with Crippen LogP contribution in [0.4, 0.5) is 0 Å². The number of rotatable bonds is 1. The summed E-state index contributed by atoms with van der Waals surface area (Å²) in [7, 11) is 0. The van der Waals surface area contributed by atoms with Crippen molar-refractivity contribution in [3.63, 3.8) is 0 Å². The van der Waals surface area contributed by atoms with E-state index in [0.717, 1.165) is 12.0 Å². The van der Waals surface area contributed by atoms with Crippen molar-refractivity contribution in [2.24, 2.45) is 0 Å². The molecule has 1 aromatic rings. The van der Waals surface area contributed by atoms with Crippen molar-refractivity contribution in [1.29, 1.82) is 0 Å². The largest absolute Gasteiger partial charge is 0.296 e. The lowest BCUT2D eigenvalue weighted by Crippen LogP contribution is -2.26. The van der Waals surface area contributed by atoms with Gasteiger partial charge in [-0.05, 0) is 30.0 Å². The summed E-state index contributed by atoms with van der Waals surface area (Å²) in [6.07, 6.45) is 1.37. The lowest BCUT2D eigenvalue weighted by molar-refractivity contribution is 0.262. The van der Waals surface area contributed by atoms with Gasteiger partial charge < -0.3 is 0 Å². The van der Waals surface area contributed by atoms with Gasteiger partial charge >= 0.3 is 0 Å². The Morgan fingerprint density at radius 3 is 2.85 bits per heavy atom. The van der Waals surface area contributed by atoms with Gasteiger partial charge in [-0.2, -0.15) is 0 Å². The Hall–Kier alpha value is -0.820. The molecule has 1 saturated heterocycles. The molecule has 1 heteroatoms. The quantitative estimate of drug-likeness (QED) is 0.631. The minimum Gasteiger partial charge on any atom is -0.296 e. The Bertz CT molecular complexity index is 330. The van der Waals surface area contributed by atoms with E-state index in [1.807, 2.05) is 0 Å². The summed E-state index contributed by atoms with van der Waals surface area (Å²) in [6, 6.07) is 9.71. The van der Waals surface area contributed by atoms with Crippen molar-refractivity contribution >= 4 is 0 Å². The average Bonchev–Trinajstić information content (AvgIpc) is 2.75. The maximum Gasteiger partial charge on any atom is 0.0357 e. The lowest BCUT2D eigenvalue weighted by atomic mass is 9.99. The average molecular weight is 173 g/mol. The SMILES string of the molecule is CCN1CC2CC1c1ccccc12. The Balaban J connectivity index is 2.07. The summed E-state index contributed by atoms with van der Waals surface area (Å²) in [5.41, 5.74) is 3.22. The van der Waals surface area contributed by atoms with Crippen LogP contribution in [-0.2, 0) is 0 Å². The number of nitrogens with zero attached hydrogens (tertiary/aromatic N) is 1. The first-order chi connectivity index (χ1) is 6.40. The fraction of sp³-hybridized carbons (Fsp3) is 0.500. The molecule has 3 rings (SSSR count). The zero-order chi connectivity index (χ0) is 8.84. The van der Waals surface area contributed by atoms with Crippen molar-refractivity contribution < 1.29 is 0 Å². The molecule has 0 saturated carbocycles. The summed E-state index contributed by atoms with van der Waals surface area (Å²) in [5.74, 6) is 0.834. The standard InChI is InChI=1S/C12H15N/c1-2-13-8-9-7-12(13)11-6-4-3-5-10(9)11/h3-6,9,12H,2,7-8H2,1H3. The fourth-order valence-corrected chi connectivity index (χ4v) is 2.99. The molecule has 0 amide bonds. The molecule has 0 spiro atoms. The third kappa shape index (κ3) is 0.910. The number of benzene rings is 1. The molecule has 2 atom stereocenters. The molecule has 1 nitrogen and oxygen atoms in total. The maximum atomic E-state index is 2.60. The second-order valence-electron chi connectivity index (χ2n) is 4.16. The zero-order valence-corrected chi connectivity index (χ0v) is 8.03. The highest BCUT2D eigenvalue weighted by Gasteiger charge is 2.40. The van der Waals surface area contributed by atoms with Crippen molar-refractivity contribution in [3.8, 4) is 0 Å². The summed E-state index contributed by atoms with van der Waals surface area (Å²) >= 11 is 0. The molecule has 1 aliphatic heterocycles. The molecule has 1 fully saturated rings. The monoisotopic (exact) mass is 173 g/mol. The van der Waals surface area contributed by atoms with Gasteiger partial charge in [0.25, 0.3) is 0 Å². The normalized spacial score (nSPS) is 30.8. The molecule has 0 N–H and O–H groups in total. The Kier molecular flexibility index (Phi) is 1.50. The topological polar surface area (TPSA) is 3.24 Å².